The first-order valence-corrected chi connectivity index (χ1v) is 9.18. The number of hydrogen-bond acceptors (Lipinski definition) is 3. The van der Waals surface area contributed by atoms with Crippen molar-refractivity contribution in [1.82, 2.24) is 5.32 Å². The third kappa shape index (κ3) is 3.59. The predicted molar refractivity (Wildman–Crippen MR) is 101 cm³/mol. The Labute approximate surface area is 153 Å². The van der Waals surface area contributed by atoms with Crippen molar-refractivity contribution < 1.29 is 13.9 Å². The first-order chi connectivity index (χ1) is 12.7. The van der Waals surface area contributed by atoms with E-state index in [1.165, 1.54) is 24.0 Å². The Kier molecular flexibility index (Phi) is 4.65. The van der Waals surface area contributed by atoms with Gasteiger partial charge in [0.15, 0.2) is 6.61 Å². The lowest BCUT2D eigenvalue weighted by molar-refractivity contribution is -0.123. The van der Waals surface area contributed by atoms with Gasteiger partial charge in [-0.1, -0.05) is 29.8 Å². The number of furan rings is 1. The number of hydrogen-bond donors (Lipinski definition) is 1. The molecule has 26 heavy (non-hydrogen) atoms. The number of nitrogens with one attached hydrogen (secondary N) is 1. The molecule has 1 aromatic heterocycles. The fraction of sp³-hybridized carbons (Fsp3) is 0.318. The summed E-state index contributed by atoms with van der Waals surface area (Å²) in [5, 5.41) is 4.01. The summed E-state index contributed by atoms with van der Waals surface area (Å²) >= 11 is 0. The second-order valence-corrected chi connectivity index (χ2v) is 6.92. The van der Waals surface area contributed by atoms with Gasteiger partial charge in [-0.2, -0.15) is 0 Å². The van der Waals surface area contributed by atoms with Crippen LogP contribution < -0.4 is 10.1 Å². The second-order valence-electron chi connectivity index (χ2n) is 6.92. The molecule has 0 unspecified atom stereocenters. The van der Waals surface area contributed by atoms with Gasteiger partial charge in [-0.05, 0) is 49.9 Å². The summed E-state index contributed by atoms with van der Waals surface area (Å²) in [6.07, 6.45) is 4.47. The normalized spacial score (nSPS) is 13.4. The zero-order valence-corrected chi connectivity index (χ0v) is 15.0. The van der Waals surface area contributed by atoms with Crippen LogP contribution in [-0.2, 0) is 24.2 Å². The van der Waals surface area contributed by atoms with Gasteiger partial charge in [-0.3, -0.25) is 4.79 Å². The fourth-order valence-electron chi connectivity index (χ4n) is 3.44. The van der Waals surface area contributed by atoms with Crippen LogP contribution in [-0.4, -0.2) is 12.5 Å². The molecule has 0 spiro atoms. The molecule has 4 heteroatoms. The van der Waals surface area contributed by atoms with Gasteiger partial charge < -0.3 is 14.5 Å². The molecule has 1 aliphatic carbocycles. The summed E-state index contributed by atoms with van der Waals surface area (Å²) in [6.45, 7) is 2.57. The second kappa shape index (κ2) is 7.24. The average molecular weight is 349 g/mol. The Morgan fingerprint density at radius 1 is 1.12 bits per heavy atom. The van der Waals surface area contributed by atoms with Crippen molar-refractivity contribution in [3.8, 4) is 5.75 Å². The fourth-order valence-corrected chi connectivity index (χ4v) is 3.44. The summed E-state index contributed by atoms with van der Waals surface area (Å²) in [4.78, 5) is 12.0. The van der Waals surface area contributed by atoms with E-state index in [1.54, 1.807) is 0 Å². The number of amides is 1. The van der Waals surface area contributed by atoms with Crippen molar-refractivity contribution >= 4 is 16.9 Å². The molecule has 0 fully saturated rings. The minimum Gasteiger partial charge on any atom is -0.484 e. The number of aryl methyl sites for hydroxylation is 3. The summed E-state index contributed by atoms with van der Waals surface area (Å²) in [5.74, 6) is 1.69. The van der Waals surface area contributed by atoms with Gasteiger partial charge in [-0.25, -0.2) is 0 Å². The van der Waals surface area contributed by atoms with Crippen molar-refractivity contribution in [1.29, 1.82) is 0 Å². The standard InChI is InChI=1S/C22H23NO3/c1-15-6-8-16(9-7-15)13-23-22(24)14-25-17-10-11-21-19(12-17)18-4-2-3-5-20(18)26-21/h6-12H,2-5,13-14H2,1H3,(H,23,24). The van der Waals surface area contributed by atoms with Crippen LogP contribution in [0.25, 0.3) is 11.0 Å². The van der Waals surface area contributed by atoms with E-state index < -0.39 is 0 Å². The van der Waals surface area contributed by atoms with E-state index in [2.05, 4.69) is 5.32 Å². The topological polar surface area (TPSA) is 51.5 Å². The Hall–Kier alpha value is -2.75. The van der Waals surface area contributed by atoms with Crippen molar-refractivity contribution in [2.24, 2.45) is 0 Å². The third-order valence-corrected chi connectivity index (χ3v) is 4.91. The molecular formula is C22H23NO3. The van der Waals surface area contributed by atoms with Gasteiger partial charge in [0.2, 0.25) is 0 Å². The molecule has 1 heterocycles. The Morgan fingerprint density at radius 3 is 2.77 bits per heavy atom. The largest absolute Gasteiger partial charge is 0.484 e. The molecule has 0 saturated heterocycles. The smallest absolute Gasteiger partial charge is 0.258 e. The average Bonchev–Trinajstić information content (AvgIpc) is 3.04. The van der Waals surface area contributed by atoms with Crippen molar-refractivity contribution in [3.63, 3.8) is 0 Å². The molecule has 0 saturated carbocycles. The van der Waals surface area contributed by atoms with E-state index in [4.69, 9.17) is 9.15 Å². The summed E-state index contributed by atoms with van der Waals surface area (Å²) in [5.41, 5.74) is 4.50. The van der Waals surface area contributed by atoms with E-state index in [9.17, 15) is 4.79 Å². The van der Waals surface area contributed by atoms with Gasteiger partial charge in [0.1, 0.15) is 17.1 Å². The highest BCUT2D eigenvalue weighted by atomic mass is 16.5. The van der Waals surface area contributed by atoms with Gasteiger partial charge in [0.25, 0.3) is 5.91 Å². The molecule has 2 aromatic carbocycles. The monoisotopic (exact) mass is 349 g/mol. The molecule has 3 aromatic rings. The Bertz CT molecular complexity index is 924. The SMILES string of the molecule is Cc1ccc(CNC(=O)COc2ccc3oc4c(c3c2)CCCC4)cc1. The van der Waals surface area contributed by atoms with Gasteiger partial charge in [0, 0.05) is 23.9 Å². The Balaban J connectivity index is 1.36. The maximum absolute atomic E-state index is 12.0. The van der Waals surface area contributed by atoms with Crippen molar-refractivity contribution in [2.75, 3.05) is 6.61 Å². The number of benzene rings is 2. The molecule has 4 nitrogen and oxygen atoms in total. The van der Waals surface area contributed by atoms with Crippen LogP contribution in [0.1, 0.15) is 35.3 Å². The van der Waals surface area contributed by atoms with Crippen LogP contribution in [0.4, 0.5) is 0 Å². The molecule has 0 atom stereocenters. The highest BCUT2D eigenvalue weighted by Gasteiger charge is 2.18. The maximum Gasteiger partial charge on any atom is 0.258 e. The van der Waals surface area contributed by atoms with Gasteiger partial charge in [-0.15, -0.1) is 0 Å². The molecule has 1 amide bonds. The molecule has 134 valence electrons. The maximum atomic E-state index is 12.0. The van der Waals surface area contributed by atoms with Crippen LogP contribution >= 0.6 is 0 Å². The molecule has 0 bridgehead atoms. The van der Waals surface area contributed by atoms with Crippen LogP contribution in [0.2, 0.25) is 0 Å². The van der Waals surface area contributed by atoms with E-state index >= 15 is 0 Å². The molecule has 1 N–H and O–H groups in total. The van der Waals surface area contributed by atoms with Crippen LogP contribution in [0.5, 0.6) is 5.75 Å². The number of fused-ring (bicyclic) bond motifs is 3. The molecular weight excluding hydrogens is 326 g/mol. The van der Waals surface area contributed by atoms with E-state index in [0.29, 0.717) is 12.3 Å². The molecule has 4 rings (SSSR count). The minimum absolute atomic E-state index is 0.0113. The molecule has 1 aliphatic rings. The van der Waals surface area contributed by atoms with Gasteiger partial charge in [0.05, 0.1) is 0 Å². The van der Waals surface area contributed by atoms with Crippen LogP contribution in [0.15, 0.2) is 46.9 Å². The third-order valence-electron chi connectivity index (χ3n) is 4.91. The van der Waals surface area contributed by atoms with E-state index in [-0.39, 0.29) is 12.5 Å². The predicted octanol–water partition coefficient (Wildman–Crippen LogP) is 4.32. The minimum atomic E-state index is -0.125. The first-order valence-electron chi connectivity index (χ1n) is 9.18. The Morgan fingerprint density at radius 2 is 1.92 bits per heavy atom. The number of carbonyl (C=O) groups excluding carboxylic acids is 1. The lowest BCUT2D eigenvalue weighted by Gasteiger charge is -2.09. The number of rotatable bonds is 5. The van der Waals surface area contributed by atoms with E-state index in [0.717, 1.165) is 35.1 Å². The first kappa shape index (κ1) is 16.7. The number of carbonyl (C=O) groups is 1. The van der Waals surface area contributed by atoms with E-state index in [1.807, 2.05) is 49.4 Å². The van der Waals surface area contributed by atoms with Crippen molar-refractivity contribution in [2.45, 2.75) is 39.2 Å². The van der Waals surface area contributed by atoms with Crippen molar-refractivity contribution in [3.05, 3.63) is 64.9 Å². The van der Waals surface area contributed by atoms with Gasteiger partial charge >= 0.3 is 0 Å². The lowest BCUT2D eigenvalue weighted by atomic mass is 9.96. The lowest BCUT2D eigenvalue weighted by Crippen LogP contribution is -2.28. The zero-order valence-electron chi connectivity index (χ0n) is 15.0. The summed E-state index contributed by atoms with van der Waals surface area (Å²) in [6, 6.07) is 13.9. The number of ether oxygens (including phenoxy) is 1. The molecule has 0 radical (unpaired) electrons. The van der Waals surface area contributed by atoms with Crippen LogP contribution in [0.3, 0.4) is 0 Å². The summed E-state index contributed by atoms with van der Waals surface area (Å²) < 4.78 is 11.6. The highest BCUT2D eigenvalue weighted by molar-refractivity contribution is 5.84. The molecule has 0 aliphatic heterocycles. The quantitative estimate of drug-likeness (QED) is 0.746. The zero-order chi connectivity index (χ0) is 17.9. The highest BCUT2D eigenvalue weighted by Crippen LogP contribution is 2.33. The van der Waals surface area contributed by atoms with Crippen LogP contribution in [0, 0.1) is 6.92 Å². The summed E-state index contributed by atoms with van der Waals surface area (Å²) in [7, 11) is 0.